The molecule has 1 aromatic rings. The van der Waals surface area contributed by atoms with Crippen LogP contribution in [0.15, 0.2) is 17.8 Å². The molecular weight excluding hydrogens is 162 g/mol. The molecule has 3 heteroatoms. The number of nitrogens with two attached hydrogens (primary N) is 1. The molecule has 0 spiro atoms. The molecule has 0 radical (unpaired) electrons. The average Bonchev–Trinajstić information content (AvgIpc) is 2.61. The molecule has 0 aromatic carbocycles. The van der Waals surface area contributed by atoms with Gasteiger partial charge in [0.05, 0.1) is 5.69 Å². The standard InChI is InChI=1S/C10H17N3/c1-3-9(8-11)7-10-5-6-12-13(10)4-2/h5-7H,3-4,8,11H2,1-2H3. The van der Waals surface area contributed by atoms with Crippen LogP contribution >= 0.6 is 0 Å². The van der Waals surface area contributed by atoms with Gasteiger partial charge >= 0.3 is 0 Å². The predicted molar refractivity (Wildman–Crippen MR) is 55.2 cm³/mol. The maximum atomic E-state index is 5.59. The van der Waals surface area contributed by atoms with Gasteiger partial charge in [-0.25, -0.2) is 0 Å². The van der Waals surface area contributed by atoms with E-state index in [1.807, 2.05) is 16.9 Å². The first-order valence-electron chi connectivity index (χ1n) is 4.73. The van der Waals surface area contributed by atoms with Crippen molar-refractivity contribution in [1.29, 1.82) is 0 Å². The van der Waals surface area contributed by atoms with Crippen molar-refractivity contribution >= 4 is 6.08 Å². The number of aryl methyl sites for hydroxylation is 1. The van der Waals surface area contributed by atoms with Crippen LogP contribution in [0, 0.1) is 0 Å². The Kier molecular flexibility index (Phi) is 3.71. The zero-order valence-electron chi connectivity index (χ0n) is 8.33. The number of rotatable bonds is 4. The Morgan fingerprint density at radius 3 is 2.92 bits per heavy atom. The highest BCUT2D eigenvalue weighted by atomic mass is 15.3. The van der Waals surface area contributed by atoms with Crippen molar-refractivity contribution in [3.63, 3.8) is 0 Å². The van der Waals surface area contributed by atoms with Gasteiger partial charge in [-0.2, -0.15) is 5.10 Å². The zero-order valence-corrected chi connectivity index (χ0v) is 8.33. The Balaban J connectivity index is 2.88. The Bertz CT molecular complexity index is 280. The maximum absolute atomic E-state index is 5.59. The highest BCUT2D eigenvalue weighted by Crippen LogP contribution is 2.08. The summed E-state index contributed by atoms with van der Waals surface area (Å²) in [6.45, 7) is 5.73. The first kappa shape index (κ1) is 9.99. The maximum Gasteiger partial charge on any atom is 0.0609 e. The fraction of sp³-hybridized carbons (Fsp3) is 0.500. The lowest BCUT2D eigenvalue weighted by atomic mass is 10.1. The molecular formula is C10H17N3. The van der Waals surface area contributed by atoms with Gasteiger partial charge < -0.3 is 5.73 Å². The third-order valence-corrected chi connectivity index (χ3v) is 2.12. The summed E-state index contributed by atoms with van der Waals surface area (Å²) < 4.78 is 1.96. The molecule has 0 atom stereocenters. The smallest absolute Gasteiger partial charge is 0.0609 e. The van der Waals surface area contributed by atoms with Gasteiger partial charge in [0.25, 0.3) is 0 Å². The van der Waals surface area contributed by atoms with Gasteiger partial charge in [-0.15, -0.1) is 0 Å². The van der Waals surface area contributed by atoms with Gasteiger partial charge in [-0.3, -0.25) is 4.68 Å². The Morgan fingerprint density at radius 2 is 2.38 bits per heavy atom. The van der Waals surface area contributed by atoms with E-state index in [9.17, 15) is 0 Å². The molecule has 72 valence electrons. The van der Waals surface area contributed by atoms with Gasteiger partial charge in [0.2, 0.25) is 0 Å². The van der Waals surface area contributed by atoms with Crippen molar-refractivity contribution in [2.24, 2.45) is 5.73 Å². The van der Waals surface area contributed by atoms with Crippen LogP contribution in [0.5, 0.6) is 0 Å². The summed E-state index contributed by atoms with van der Waals surface area (Å²) in [5.41, 5.74) is 8.00. The quantitative estimate of drug-likeness (QED) is 0.763. The van der Waals surface area contributed by atoms with E-state index in [1.165, 1.54) is 5.57 Å². The van der Waals surface area contributed by atoms with Gasteiger partial charge in [-0.1, -0.05) is 12.5 Å². The lowest BCUT2D eigenvalue weighted by molar-refractivity contribution is 0.653. The van der Waals surface area contributed by atoms with Crippen LogP contribution < -0.4 is 5.73 Å². The van der Waals surface area contributed by atoms with Crippen molar-refractivity contribution in [3.05, 3.63) is 23.5 Å². The topological polar surface area (TPSA) is 43.8 Å². The van der Waals surface area contributed by atoms with Crippen LogP contribution in [0.2, 0.25) is 0 Å². The van der Waals surface area contributed by atoms with Crippen molar-refractivity contribution in [1.82, 2.24) is 9.78 Å². The van der Waals surface area contributed by atoms with E-state index >= 15 is 0 Å². The van der Waals surface area contributed by atoms with E-state index in [0.29, 0.717) is 6.54 Å². The van der Waals surface area contributed by atoms with E-state index in [0.717, 1.165) is 18.7 Å². The monoisotopic (exact) mass is 179 g/mol. The Hall–Kier alpha value is -1.09. The minimum Gasteiger partial charge on any atom is -0.327 e. The van der Waals surface area contributed by atoms with E-state index < -0.39 is 0 Å². The molecule has 2 N–H and O–H groups in total. The molecule has 0 amide bonds. The van der Waals surface area contributed by atoms with E-state index in [4.69, 9.17) is 5.73 Å². The van der Waals surface area contributed by atoms with Crippen molar-refractivity contribution in [2.45, 2.75) is 26.8 Å². The predicted octanol–water partition coefficient (Wildman–Crippen LogP) is 1.66. The molecule has 0 bridgehead atoms. The Morgan fingerprint density at radius 1 is 1.62 bits per heavy atom. The molecule has 0 unspecified atom stereocenters. The minimum absolute atomic E-state index is 0.630. The summed E-state index contributed by atoms with van der Waals surface area (Å²) in [6.07, 6.45) is 4.95. The zero-order chi connectivity index (χ0) is 9.68. The molecule has 13 heavy (non-hydrogen) atoms. The number of hydrogen-bond acceptors (Lipinski definition) is 2. The highest BCUT2D eigenvalue weighted by Gasteiger charge is 1.97. The summed E-state index contributed by atoms with van der Waals surface area (Å²) in [5, 5.41) is 4.19. The lowest BCUT2D eigenvalue weighted by Crippen LogP contribution is -2.04. The van der Waals surface area contributed by atoms with Gasteiger partial charge in [-0.05, 0) is 25.5 Å². The van der Waals surface area contributed by atoms with Crippen molar-refractivity contribution < 1.29 is 0 Å². The summed E-state index contributed by atoms with van der Waals surface area (Å²) in [5.74, 6) is 0. The average molecular weight is 179 g/mol. The summed E-state index contributed by atoms with van der Waals surface area (Å²) in [6, 6.07) is 2.01. The van der Waals surface area contributed by atoms with E-state index in [2.05, 4.69) is 25.0 Å². The SMILES string of the molecule is CCC(=Cc1ccnn1CC)CN. The molecule has 0 aliphatic carbocycles. The Labute approximate surface area is 79.2 Å². The molecule has 0 aliphatic heterocycles. The number of aromatic nitrogens is 2. The van der Waals surface area contributed by atoms with Crippen LogP contribution in [0.1, 0.15) is 26.0 Å². The second-order valence-electron chi connectivity index (χ2n) is 2.93. The van der Waals surface area contributed by atoms with Crippen LogP contribution in [0.3, 0.4) is 0 Å². The molecule has 1 heterocycles. The first-order chi connectivity index (χ1) is 6.31. The second-order valence-corrected chi connectivity index (χ2v) is 2.93. The molecule has 0 aliphatic rings. The molecule has 0 saturated heterocycles. The molecule has 1 rings (SSSR count). The van der Waals surface area contributed by atoms with Gasteiger partial charge in [0, 0.05) is 19.3 Å². The lowest BCUT2D eigenvalue weighted by Gasteiger charge is -2.02. The second kappa shape index (κ2) is 4.82. The summed E-state index contributed by atoms with van der Waals surface area (Å²) >= 11 is 0. The van der Waals surface area contributed by atoms with Crippen LogP contribution in [0.4, 0.5) is 0 Å². The molecule has 0 fully saturated rings. The normalized spacial score (nSPS) is 12.1. The highest BCUT2D eigenvalue weighted by molar-refractivity contribution is 5.49. The van der Waals surface area contributed by atoms with E-state index in [1.54, 1.807) is 0 Å². The fourth-order valence-electron chi connectivity index (χ4n) is 1.24. The fourth-order valence-corrected chi connectivity index (χ4v) is 1.24. The van der Waals surface area contributed by atoms with Crippen LogP contribution in [-0.4, -0.2) is 16.3 Å². The largest absolute Gasteiger partial charge is 0.327 e. The van der Waals surface area contributed by atoms with Gasteiger partial charge in [0.1, 0.15) is 0 Å². The third kappa shape index (κ3) is 2.42. The minimum atomic E-state index is 0.630. The molecule has 0 saturated carbocycles. The van der Waals surface area contributed by atoms with E-state index in [-0.39, 0.29) is 0 Å². The van der Waals surface area contributed by atoms with Crippen LogP contribution in [-0.2, 0) is 6.54 Å². The summed E-state index contributed by atoms with van der Waals surface area (Å²) in [4.78, 5) is 0. The summed E-state index contributed by atoms with van der Waals surface area (Å²) in [7, 11) is 0. The molecule has 3 nitrogen and oxygen atoms in total. The van der Waals surface area contributed by atoms with Crippen LogP contribution in [0.25, 0.3) is 6.08 Å². The third-order valence-electron chi connectivity index (χ3n) is 2.12. The van der Waals surface area contributed by atoms with Crippen molar-refractivity contribution in [2.75, 3.05) is 6.54 Å². The molecule has 1 aromatic heterocycles. The van der Waals surface area contributed by atoms with Gasteiger partial charge in [0.15, 0.2) is 0 Å². The van der Waals surface area contributed by atoms with Crippen molar-refractivity contribution in [3.8, 4) is 0 Å². The number of nitrogens with zero attached hydrogens (tertiary/aromatic N) is 2. The first-order valence-corrected chi connectivity index (χ1v) is 4.73. The number of hydrogen-bond donors (Lipinski definition) is 1.